The molecule has 0 bridgehead atoms. The normalized spacial score (nSPS) is 10.5. The Morgan fingerprint density at radius 1 is 1.53 bits per heavy atom. The van der Waals surface area contributed by atoms with Gasteiger partial charge in [-0.2, -0.15) is 0 Å². The van der Waals surface area contributed by atoms with Gasteiger partial charge in [-0.25, -0.2) is 4.98 Å². The van der Waals surface area contributed by atoms with Gasteiger partial charge in [-0.3, -0.25) is 0 Å². The third-order valence-electron chi connectivity index (χ3n) is 2.45. The Morgan fingerprint density at radius 2 is 2.35 bits per heavy atom. The van der Waals surface area contributed by atoms with Crippen LogP contribution >= 0.6 is 11.6 Å². The van der Waals surface area contributed by atoms with Crippen LogP contribution in [0, 0.1) is 0 Å². The van der Waals surface area contributed by atoms with Gasteiger partial charge in [-0.1, -0.05) is 11.6 Å². The van der Waals surface area contributed by atoms with Crippen LogP contribution in [0.25, 0.3) is 0 Å². The van der Waals surface area contributed by atoms with Crippen molar-refractivity contribution in [1.82, 2.24) is 4.98 Å². The number of anilines is 1. The van der Waals surface area contributed by atoms with E-state index < -0.39 is 0 Å². The monoisotopic (exact) mass is 251 g/mol. The Morgan fingerprint density at radius 3 is 2.94 bits per heavy atom. The molecule has 0 aromatic carbocycles. The summed E-state index contributed by atoms with van der Waals surface area (Å²) < 4.78 is 5.28. The molecule has 0 unspecified atom stereocenters. The molecule has 90 valence electrons. The summed E-state index contributed by atoms with van der Waals surface area (Å²) in [6, 6.07) is 5.61. The van der Waals surface area contributed by atoms with Crippen LogP contribution in [0.15, 0.2) is 35.1 Å². The smallest absolute Gasteiger partial charge is 0.147 e. The van der Waals surface area contributed by atoms with Gasteiger partial charge in [0.1, 0.15) is 11.6 Å². The second kappa shape index (κ2) is 5.21. The Hall–Kier alpha value is -1.52. The highest BCUT2D eigenvalue weighted by molar-refractivity contribution is 6.33. The fourth-order valence-corrected chi connectivity index (χ4v) is 1.91. The van der Waals surface area contributed by atoms with Crippen molar-refractivity contribution in [2.75, 3.05) is 11.9 Å². The van der Waals surface area contributed by atoms with E-state index in [-0.39, 0.29) is 0 Å². The van der Waals surface area contributed by atoms with Crippen molar-refractivity contribution < 1.29 is 4.42 Å². The number of furan rings is 1. The average Bonchev–Trinajstić information content (AvgIpc) is 2.81. The van der Waals surface area contributed by atoms with Gasteiger partial charge in [0.25, 0.3) is 0 Å². The predicted molar refractivity (Wildman–Crippen MR) is 68.0 cm³/mol. The number of pyridine rings is 1. The first-order valence-electron chi connectivity index (χ1n) is 5.28. The number of nitrogens with zero attached hydrogens (tertiary/aromatic N) is 2. The number of hydrogen-bond acceptors (Lipinski definition) is 4. The van der Waals surface area contributed by atoms with Gasteiger partial charge in [0, 0.05) is 19.8 Å². The Kier molecular flexibility index (Phi) is 3.66. The van der Waals surface area contributed by atoms with E-state index in [0.717, 1.165) is 17.1 Å². The van der Waals surface area contributed by atoms with Crippen molar-refractivity contribution in [1.29, 1.82) is 0 Å². The fraction of sp³-hybridized carbons (Fsp3) is 0.250. The molecule has 2 aromatic heterocycles. The van der Waals surface area contributed by atoms with Crippen molar-refractivity contribution in [3.63, 3.8) is 0 Å². The number of nitrogens with two attached hydrogens (primary N) is 1. The lowest BCUT2D eigenvalue weighted by molar-refractivity contribution is 0.507. The standard InChI is InChI=1S/C12H14ClN3O/c1-16(8-10-3-2-4-17-10)12-11(13)5-9(6-14)7-15-12/h2-5,7H,6,8,14H2,1H3. The molecule has 17 heavy (non-hydrogen) atoms. The summed E-state index contributed by atoms with van der Waals surface area (Å²) in [6.45, 7) is 1.07. The summed E-state index contributed by atoms with van der Waals surface area (Å²) in [5.41, 5.74) is 6.45. The zero-order chi connectivity index (χ0) is 12.3. The largest absolute Gasteiger partial charge is 0.467 e. The Labute approximate surface area is 105 Å². The van der Waals surface area contributed by atoms with E-state index in [0.29, 0.717) is 18.1 Å². The van der Waals surface area contributed by atoms with Crippen LogP contribution in [-0.2, 0) is 13.1 Å². The van der Waals surface area contributed by atoms with Crippen LogP contribution in [0.2, 0.25) is 5.02 Å². The zero-order valence-corrected chi connectivity index (χ0v) is 10.3. The van der Waals surface area contributed by atoms with E-state index >= 15 is 0 Å². The molecule has 2 heterocycles. The molecule has 0 spiro atoms. The molecule has 4 nitrogen and oxygen atoms in total. The average molecular weight is 252 g/mol. The minimum atomic E-state index is 0.439. The highest BCUT2D eigenvalue weighted by Crippen LogP contribution is 2.24. The summed E-state index contributed by atoms with van der Waals surface area (Å²) in [6.07, 6.45) is 3.38. The predicted octanol–water partition coefficient (Wildman–Crippen LogP) is 2.42. The van der Waals surface area contributed by atoms with Crippen LogP contribution in [0.4, 0.5) is 5.82 Å². The van der Waals surface area contributed by atoms with Crippen molar-refractivity contribution in [3.8, 4) is 0 Å². The van der Waals surface area contributed by atoms with Crippen molar-refractivity contribution in [3.05, 3.63) is 47.0 Å². The summed E-state index contributed by atoms with van der Waals surface area (Å²) in [7, 11) is 1.92. The van der Waals surface area contributed by atoms with Crippen LogP contribution in [-0.4, -0.2) is 12.0 Å². The topological polar surface area (TPSA) is 55.3 Å². The fourth-order valence-electron chi connectivity index (χ4n) is 1.57. The van der Waals surface area contributed by atoms with Crippen molar-refractivity contribution in [2.24, 2.45) is 5.73 Å². The van der Waals surface area contributed by atoms with Gasteiger partial charge < -0.3 is 15.1 Å². The molecule has 2 N–H and O–H groups in total. The molecule has 0 amide bonds. The van der Waals surface area contributed by atoms with Gasteiger partial charge in [-0.15, -0.1) is 0 Å². The van der Waals surface area contributed by atoms with Crippen LogP contribution < -0.4 is 10.6 Å². The number of rotatable bonds is 4. The second-order valence-electron chi connectivity index (χ2n) is 3.79. The maximum absolute atomic E-state index is 6.15. The highest BCUT2D eigenvalue weighted by atomic mass is 35.5. The quantitative estimate of drug-likeness (QED) is 0.907. The molecule has 0 saturated carbocycles. The first-order valence-corrected chi connectivity index (χ1v) is 5.66. The maximum Gasteiger partial charge on any atom is 0.147 e. The van der Waals surface area contributed by atoms with Gasteiger partial charge in [0.15, 0.2) is 0 Å². The minimum absolute atomic E-state index is 0.439. The van der Waals surface area contributed by atoms with Crippen molar-refractivity contribution >= 4 is 17.4 Å². The molecule has 0 aliphatic carbocycles. The van der Waals surface area contributed by atoms with Crippen LogP contribution in [0.1, 0.15) is 11.3 Å². The van der Waals surface area contributed by atoms with E-state index in [1.54, 1.807) is 12.5 Å². The molecule has 2 rings (SSSR count). The van der Waals surface area contributed by atoms with E-state index in [9.17, 15) is 0 Å². The Balaban J connectivity index is 2.16. The molecule has 0 fully saturated rings. The molecular weight excluding hydrogens is 238 g/mol. The molecule has 2 aromatic rings. The molecule has 0 saturated heterocycles. The first kappa shape index (κ1) is 12.0. The lowest BCUT2D eigenvalue weighted by Gasteiger charge is -2.18. The number of aromatic nitrogens is 1. The SMILES string of the molecule is CN(Cc1ccco1)c1ncc(CN)cc1Cl. The zero-order valence-electron chi connectivity index (χ0n) is 9.56. The van der Waals surface area contributed by atoms with Gasteiger partial charge in [0.05, 0.1) is 17.8 Å². The molecule has 0 aliphatic rings. The second-order valence-corrected chi connectivity index (χ2v) is 4.20. The Bertz CT molecular complexity index is 485. The summed E-state index contributed by atoms with van der Waals surface area (Å²) in [4.78, 5) is 6.23. The van der Waals surface area contributed by atoms with E-state index in [1.165, 1.54) is 0 Å². The lowest BCUT2D eigenvalue weighted by Crippen LogP contribution is -2.18. The summed E-state index contributed by atoms with van der Waals surface area (Å²) in [5.74, 6) is 1.59. The third kappa shape index (κ3) is 2.78. The highest BCUT2D eigenvalue weighted by Gasteiger charge is 2.10. The van der Waals surface area contributed by atoms with E-state index in [2.05, 4.69) is 4.98 Å². The summed E-state index contributed by atoms with van der Waals surface area (Å²) in [5, 5.41) is 0.599. The van der Waals surface area contributed by atoms with Gasteiger partial charge in [-0.05, 0) is 23.8 Å². The number of halogens is 1. The number of hydrogen-bond donors (Lipinski definition) is 1. The molecule has 0 atom stereocenters. The van der Waals surface area contributed by atoms with Crippen LogP contribution in [0.5, 0.6) is 0 Å². The first-order chi connectivity index (χ1) is 8.20. The molecule has 0 aliphatic heterocycles. The molecule has 0 radical (unpaired) electrons. The van der Waals surface area contributed by atoms with Crippen molar-refractivity contribution in [2.45, 2.75) is 13.1 Å². The van der Waals surface area contributed by atoms with Gasteiger partial charge >= 0.3 is 0 Å². The lowest BCUT2D eigenvalue weighted by atomic mass is 10.3. The molecule has 5 heteroatoms. The maximum atomic E-state index is 6.15. The van der Waals surface area contributed by atoms with E-state index in [1.807, 2.05) is 30.1 Å². The molecular formula is C12H14ClN3O. The third-order valence-corrected chi connectivity index (χ3v) is 2.73. The van der Waals surface area contributed by atoms with E-state index in [4.69, 9.17) is 21.8 Å². The minimum Gasteiger partial charge on any atom is -0.467 e. The summed E-state index contributed by atoms with van der Waals surface area (Å²) >= 11 is 6.15. The van der Waals surface area contributed by atoms with Crippen LogP contribution in [0.3, 0.4) is 0 Å². The van der Waals surface area contributed by atoms with Gasteiger partial charge in [0.2, 0.25) is 0 Å².